The first-order chi connectivity index (χ1) is 5.27. The molecule has 0 aliphatic carbocycles. The summed E-state index contributed by atoms with van der Waals surface area (Å²) < 4.78 is 13.2. The predicted octanol–water partition coefficient (Wildman–Crippen LogP) is 0.344. The maximum atomic E-state index is 13.2. The summed E-state index contributed by atoms with van der Waals surface area (Å²) in [5.41, 5.74) is 0. The van der Waals surface area contributed by atoms with E-state index in [4.69, 9.17) is 0 Å². The lowest BCUT2D eigenvalue weighted by molar-refractivity contribution is 0.0840. The summed E-state index contributed by atoms with van der Waals surface area (Å²) in [5, 5.41) is 0. The molecule has 0 aromatic carbocycles. The molecule has 0 aromatic heterocycles. The van der Waals surface area contributed by atoms with Crippen molar-refractivity contribution in [2.45, 2.75) is 18.6 Å². The monoisotopic (exact) mass is 158 g/mol. The minimum atomic E-state index is -0.611. The van der Waals surface area contributed by atoms with E-state index in [0.717, 1.165) is 19.6 Å². The van der Waals surface area contributed by atoms with Gasteiger partial charge in [-0.15, -0.1) is 0 Å². The SMILES string of the molecule is CN1CC(F)C(N2CCC2)C1. The van der Waals surface area contributed by atoms with Crippen LogP contribution in [-0.4, -0.2) is 55.2 Å². The summed E-state index contributed by atoms with van der Waals surface area (Å²) >= 11 is 0. The lowest BCUT2D eigenvalue weighted by Crippen LogP contribution is -2.49. The number of halogens is 1. The zero-order chi connectivity index (χ0) is 7.84. The van der Waals surface area contributed by atoms with Crippen LogP contribution in [0, 0.1) is 0 Å². The molecule has 0 bridgehead atoms. The molecule has 2 fully saturated rings. The Morgan fingerprint density at radius 2 is 2.00 bits per heavy atom. The van der Waals surface area contributed by atoms with Crippen LogP contribution >= 0.6 is 0 Å². The van der Waals surface area contributed by atoms with Gasteiger partial charge in [0.1, 0.15) is 6.17 Å². The number of hydrogen-bond acceptors (Lipinski definition) is 2. The molecule has 0 radical (unpaired) electrons. The van der Waals surface area contributed by atoms with Gasteiger partial charge in [0, 0.05) is 13.1 Å². The first kappa shape index (κ1) is 7.50. The van der Waals surface area contributed by atoms with E-state index in [9.17, 15) is 4.39 Å². The van der Waals surface area contributed by atoms with Gasteiger partial charge in [-0.1, -0.05) is 0 Å². The van der Waals surface area contributed by atoms with E-state index >= 15 is 0 Å². The normalized spacial score (nSPS) is 40.9. The highest BCUT2D eigenvalue weighted by Gasteiger charge is 2.37. The number of hydrogen-bond donors (Lipinski definition) is 0. The van der Waals surface area contributed by atoms with Gasteiger partial charge in [-0.05, 0) is 26.6 Å². The second-order valence-corrected chi connectivity index (χ2v) is 3.69. The van der Waals surface area contributed by atoms with Gasteiger partial charge in [-0.2, -0.15) is 0 Å². The smallest absolute Gasteiger partial charge is 0.129 e. The maximum Gasteiger partial charge on any atom is 0.129 e. The standard InChI is InChI=1S/C8H15FN2/c1-10-5-7(9)8(6-10)11-3-2-4-11/h7-8H,2-6H2,1H3. The largest absolute Gasteiger partial charge is 0.302 e. The second kappa shape index (κ2) is 2.72. The molecule has 3 heteroatoms. The summed E-state index contributed by atoms with van der Waals surface area (Å²) in [5.74, 6) is 0. The van der Waals surface area contributed by atoms with Crippen molar-refractivity contribution in [1.29, 1.82) is 0 Å². The van der Waals surface area contributed by atoms with E-state index < -0.39 is 6.17 Å². The first-order valence-corrected chi connectivity index (χ1v) is 4.34. The molecule has 2 rings (SSSR count). The Morgan fingerprint density at radius 3 is 2.36 bits per heavy atom. The molecule has 2 aliphatic heterocycles. The summed E-state index contributed by atoms with van der Waals surface area (Å²) in [6, 6.07) is 0.203. The molecule has 0 aromatic rings. The van der Waals surface area contributed by atoms with Gasteiger partial charge in [0.15, 0.2) is 0 Å². The van der Waals surface area contributed by atoms with Crippen molar-refractivity contribution in [2.24, 2.45) is 0 Å². The molecule has 0 saturated carbocycles. The van der Waals surface area contributed by atoms with Crippen molar-refractivity contribution in [3.63, 3.8) is 0 Å². The van der Waals surface area contributed by atoms with E-state index in [-0.39, 0.29) is 6.04 Å². The van der Waals surface area contributed by atoms with Gasteiger partial charge in [-0.3, -0.25) is 4.90 Å². The van der Waals surface area contributed by atoms with Crippen LogP contribution < -0.4 is 0 Å². The molecular weight excluding hydrogens is 143 g/mol. The Bertz CT molecular complexity index is 145. The van der Waals surface area contributed by atoms with Crippen LogP contribution in [0.4, 0.5) is 4.39 Å². The fraction of sp³-hybridized carbons (Fsp3) is 1.00. The van der Waals surface area contributed by atoms with Crippen LogP contribution in [0.3, 0.4) is 0 Å². The molecule has 0 N–H and O–H groups in total. The summed E-state index contributed by atoms with van der Waals surface area (Å²) in [6.07, 6.45) is 0.646. The van der Waals surface area contributed by atoms with Crippen LogP contribution in [0.5, 0.6) is 0 Å². The van der Waals surface area contributed by atoms with E-state index in [0.29, 0.717) is 6.54 Å². The van der Waals surface area contributed by atoms with Crippen molar-refractivity contribution in [3.05, 3.63) is 0 Å². The van der Waals surface area contributed by atoms with Gasteiger partial charge in [-0.25, -0.2) is 4.39 Å². The first-order valence-electron chi connectivity index (χ1n) is 4.34. The van der Waals surface area contributed by atoms with Crippen molar-refractivity contribution in [3.8, 4) is 0 Å². The van der Waals surface area contributed by atoms with E-state index in [1.54, 1.807) is 0 Å². The Labute approximate surface area is 67.0 Å². The molecule has 2 aliphatic rings. The van der Waals surface area contributed by atoms with Crippen molar-refractivity contribution in [1.82, 2.24) is 9.80 Å². The van der Waals surface area contributed by atoms with Crippen molar-refractivity contribution >= 4 is 0 Å². The van der Waals surface area contributed by atoms with Gasteiger partial charge in [0.05, 0.1) is 6.04 Å². The minimum Gasteiger partial charge on any atom is -0.302 e. The number of nitrogens with zero attached hydrogens (tertiary/aromatic N) is 2. The third-order valence-corrected chi connectivity index (χ3v) is 2.76. The lowest BCUT2D eigenvalue weighted by atomic mass is 10.1. The number of likely N-dealkylation sites (tertiary alicyclic amines) is 2. The number of likely N-dealkylation sites (N-methyl/N-ethyl adjacent to an activating group) is 1. The average molecular weight is 158 g/mol. The van der Waals surface area contributed by atoms with Crippen LogP contribution in [-0.2, 0) is 0 Å². The predicted molar refractivity (Wildman–Crippen MR) is 42.4 cm³/mol. The molecule has 2 nitrogen and oxygen atoms in total. The van der Waals surface area contributed by atoms with Gasteiger partial charge >= 0.3 is 0 Å². The molecule has 2 atom stereocenters. The molecule has 0 spiro atoms. The van der Waals surface area contributed by atoms with Gasteiger partial charge in [0.2, 0.25) is 0 Å². The van der Waals surface area contributed by atoms with Crippen LogP contribution in [0.25, 0.3) is 0 Å². The molecule has 2 heterocycles. The van der Waals surface area contributed by atoms with E-state index in [1.807, 2.05) is 7.05 Å². The second-order valence-electron chi connectivity index (χ2n) is 3.69. The Balaban J connectivity index is 1.92. The van der Waals surface area contributed by atoms with Crippen LogP contribution in [0.1, 0.15) is 6.42 Å². The third-order valence-electron chi connectivity index (χ3n) is 2.76. The number of rotatable bonds is 1. The third kappa shape index (κ3) is 1.27. The minimum absolute atomic E-state index is 0.203. The van der Waals surface area contributed by atoms with Gasteiger partial charge < -0.3 is 4.90 Å². The number of alkyl halides is 1. The fourth-order valence-electron chi connectivity index (χ4n) is 1.94. The molecule has 2 unspecified atom stereocenters. The Morgan fingerprint density at radius 1 is 1.27 bits per heavy atom. The molecule has 0 amide bonds. The fourth-order valence-corrected chi connectivity index (χ4v) is 1.94. The average Bonchev–Trinajstić information content (AvgIpc) is 2.07. The van der Waals surface area contributed by atoms with Crippen LogP contribution in [0.15, 0.2) is 0 Å². The summed E-state index contributed by atoms with van der Waals surface area (Å²) in [6.45, 7) is 3.76. The highest BCUT2D eigenvalue weighted by molar-refractivity contribution is 4.92. The topological polar surface area (TPSA) is 6.48 Å². The highest BCUT2D eigenvalue weighted by Crippen LogP contribution is 2.21. The zero-order valence-electron chi connectivity index (χ0n) is 6.96. The van der Waals surface area contributed by atoms with E-state index in [2.05, 4.69) is 9.80 Å². The van der Waals surface area contributed by atoms with E-state index in [1.165, 1.54) is 6.42 Å². The summed E-state index contributed by atoms with van der Waals surface area (Å²) in [4.78, 5) is 4.34. The van der Waals surface area contributed by atoms with Crippen molar-refractivity contribution < 1.29 is 4.39 Å². The quantitative estimate of drug-likeness (QED) is 0.543. The Kier molecular flexibility index (Phi) is 1.85. The highest BCUT2D eigenvalue weighted by atomic mass is 19.1. The Hall–Kier alpha value is -0.150. The summed E-state index contributed by atoms with van der Waals surface area (Å²) in [7, 11) is 1.99. The molecular formula is C8H15FN2. The maximum absolute atomic E-state index is 13.2. The molecule has 2 saturated heterocycles. The lowest BCUT2D eigenvalue weighted by Gasteiger charge is -2.36. The molecule has 64 valence electrons. The van der Waals surface area contributed by atoms with Crippen molar-refractivity contribution in [2.75, 3.05) is 33.2 Å². The van der Waals surface area contributed by atoms with Gasteiger partial charge in [0.25, 0.3) is 0 Å². The molecule has 11 heavy (non-hydrogen) atoms. The van der Waals surface area contributed by atoms with Crippen LogP contribution in [0.2, 0.25) is 0 Å². The zero-order valence-corrected chi connectivity index (χ0v) is 6.96.